The molecule has 2 aromatic carbocycles. The number of nitrogens with one attached hydrogen (secondary N) is 2. The van der Waals surface area contributed by atoms with E-state index >= 15 is 0 Å². The van der Waals surface area contributed by atoms with Gasteiger partial charge in [0.15, 0.2) is 18.1 Å². The van der Waals surface area contributed by atoms with Crippen LogP contribution in [0.2, 0.25) is 0 Å². The monoisotopic (exact) mass is 461 g/mol. The van der Waals surface area contributed by atoms with E-state index in [2.05, 4.69) is 26.8 Å². The highest BCUT2D eigenvalue weighted by Crippen LogP contribution is 2.34. The van der Waals surface area contributed by atoms with E-state index in [0.717, 1.165) is 4.47 Å². The Hall–Kier alpha value is -3.27. The predicted octanol–water partition coefficient (Wildman–Crippen LogP) is 1.41. The third-order valence-corrected chi connectivity index (χ3v) is 4.78. The summed E-state index contributed by atoms with van der Waals surface area (Å²) in [6.45, 7) is 0.425. The number of benzene rings is 2. The van der Waals surface area contributed by atoms with Crippen molar-refractivity contribution in [2.75, 3.05) is 31.3 Å². The zero-order valence-corrected chi connectivity index (χ0v) is 16.7. The van der Waals surface area contributed by atoms with E-state index in [9.17, 15) is 14.4 Å². The van der Waals surface area contributed by atoms with Crippen molar-refractivity contribution in [2.45, 2.75) is 0 Å². The molecule has 0 aliphatic carbocycles. The van der Waals surface area contributed by atoms with Crippen LogP contribution in [-0.4, -0.2) is 44.1 Å². The molecule has 0 fully saturated rings. The SMILES string of the molecule is O=C(CN1C(=O)COc2cc(Br)ccc21)NNC(=O)c1ccc2c(c1)OCCO2. The molecule has 3 amide bonds. The Morgan fingerprint density at radius 3 is 2.59 bits per heavy atom. The molecule has 0 saturated carbocycles. The minimum absolute atomic E-state index is 0.166. The van der Waals surface area contributed by atoms with Crippen molar-refractivity contribution >= 4 is 39.3 Å². The quantitative estimate of drug-likeness (QED) is 0.669. The summed E-state index contributed by atoms with van der Waals surface area (Å²) in [6.07, 6.45) is 0. The highest BCUT2D eigenvalue weighted by molar-refractivity contribution is 9.10. The molecule has 2 aliphatic rings. The van der Waals surface area contributed by atoms with Crippen LogP contribution in [0.15, 0.2) is 40.9 Å². The summed E-state index contributed by atoms with van der Waals surface area (Å²) in [7, 11) is 0. The Balaban J connectivity index is 1.38. The Labute approximate surface area is 174 Å². The lowest BCUT2D eigenvalue weighted by Crippen LogP contribution is -2.49. The molecule has 9 nitrogen and oxygen atoms in total. The minimum atomic E-state index is -0.556. The van der Waals surface area contributed by atoms with E-state index in [0.29, 0.717) is 41.7 Å². The van der Waals surface area contributed by atoms with Gasteiger partial charge in [-0.25, -0.2) is 0 Å². The highest BCUT2D eigenvalue weighted by Gasteiger charge is 2.27. The second-order valence-electron chi connectivity index (χ2n) is 6.24. The second kappa shape index (κ2) is 8.00. The number of rotatable bonds is 3. The Kier molecular flexibility index (Phi) is 5.26. The summed E-state index contributed by atoms with van der Waals surface area (Å²) in [4.78, 5) is 38.1. The fourth-order valence-electron chi connectivity index (χ4n) is 2.92. The van der Waals surface area contributed by atoms with Crippen molar-refractivity contribution in [1.29, 1.82) is 0 Å². The molecule has 150 valence electrons. The van der Waals surface area contributed by atoms with Gasteiger partial charge in [0.1, 0.15) is 25.5 Å². The molecule has 0 atom stereocenters. The van der Waals surface area contributed by atoms with Crippen LogP contribution in [0.1, 0.15) is 10.4 Å². The summed E-state index contributed by atoms with van der Waals surface area (Å²) in [5.41, 5.74) is 5.43. The van der Waals surface area contributed by atoms with Gasteiger partial charge < -0.3 is 14.2 Å². The van der Waals surface area contributed by atoms with Gasteiger partial charge in [-0.1, -0.05) is 15.9 Å². The molecule has 2 aliphatic heterocycles. The molecule has 29 heavy (non-hydrogen) atoms. The summed E-state index contributed by atoms with van der Waals surface area (Å²) < 4.78 is 17.0. The van der Waals surface area contributed by atoms with Crippen LogP contribution in [0, 0.1) is 0 Å². The van der Waals surface area contributed by atoms with Crippen molar-refractivity contribution < 1.29 is 28.6 Å². The van der Waals surface area contributed by atoms with E-state index in [4.69, 9.17) is 14.2 Å². The molecule has 10 heteroatoms. The van der Waals surface area contributed by atoms with Gasteiger partial charge in [-0.3, -0.25) is 30.1 Å². The van der Waals surface area contributed by atoms with Crippen molar-refractivity contribution in [1.82, 2.24) is 10.9 Å². The molecule has 0 bridgehead atoms. The van der Waals surface area contributed by atoms with E-state index in [1.807, 2.05) is 0 Å². The number of nitrogens with zero attached hydrogens (tertiary/aromatic N) is 1. The van der Waals surface area contributed by atoms with E-state index < -0.39 is 11.8 Å². The predicted molar refractivity (Wildman–Crippen MR) is 105 cm³/mol. The number of carbonyl (C=O) groups excluding carboxylic acids is 3. The molecule has 0 radical (unpaired) electrons. The summed E-state index contributed by atoms with van der Waals surface area (Å²) in [5, 5.41) is 0. The number of hydrogen-bond acceptors (Lipinski definition) is 6. The number of anilines is 1. The van der Waals surface area contributed by atoms with Gasteiger partial charge in [-0.2, -0.15) is 0 Å². The van der Waals surface area contributed by atoms with Crippen LogP contribution in [0.25, 0.3) is 0 Å². The van der Waals surface area contributed by atoms with E-state index in [1.165, 1.54) is 11.0 Å². The number of hydrazine groups is 1. The third kappa shape index (κ3) is 4.11. The molecule has 2 N–H and O–H groups in total. The van der Waals surface area contributed by atoms with Gasteiger partial charge in [0, 0.05) is 10.0 Å². The minimum Gasteiger partial charge on any atom is -0.486 e. The van der Waals surface area contributed by atoms with Gasteiger partial charge in [-0.15, -0.1) is 0 Å². The van der Waals surface area contributed by atoms with Crippen molar-refractivity contribution in [3.8, 4) is 17.2 Å². The van der Waals surface area contributed by atoms with Crippen molar-refractivity contribution in [3.63, 3.8) is 0 Å². The fraction of sp³-hybridized carbons (Fsp3) is 0.211. The zero-order valence-electron chi connectivity index (χ0n) is 15.1. The zero-order chi connectivity index (χ0) is 20.4. The number of hydrogen-bond donors (Lipinski definition) is 2. The molecule has 0 aromatic heterocycles. The molecule has 2 heterocycles. The number of fused-ring (bicyclic) bond motifs is 2. The lowest BCUT2D eigenvalue weighted by Gasteiger charge is -2.28. The number of ether oxygens (including phenoxy) is 3. The second-order valence-corrected chi connectivity index (χ2v) is 7.16. The molecule has 0 unspecified atom stereocenters. The maximum absolute atomic E-state index is 12.3. The molecular weight excluding hydrogens is 446 g/mol. The van der Waals surface area contributed by atoms with Gasteiger partial charge in [0.25, 0.3) is 17.7 Å². The fourth-order valence-corrected chi connectivity index (χ4v) is 3.26. The standard InChI is InChI=1S/C19H16BrN3O6/c20-12-2-3-13-15(8-12)29-10-18(25)23(13)9-17(24)21-22-19(26)11-1-4-14-16(7-11)28-6-5-27-14/h1-4,7-8H,5-6,9-10H2,(H,21,24)(H,22,26). The first-order valence-corrected chi connectivity index (χ1v) is 9.52. The Morgan fingerprint density at radius 1 is 0.966 bits per heavy atom. The number of halogens is 1. The van der Waals surface area contributed by atoms with Crippen molar-refractivity contribution in [3.05, 3.63) is 46.4 Å². The third-order valence-electron chi connectivity index (χ3n) is 4.29. The lowest BCUT2D eigenvalue weighted by molar-refractivity contribution is -0.125. The van der Waals surface area contributed by atoms with Gasteiger partial charge in [0.05, 0.1) is 5.69 Å². The summed E-state index contributed by atoms with van der Waals surface area (Å²) in [5.74, 6) is 0.0954. The molecular formula is C19H16BrN3O6. The Bertz CT molecular complexity index is 996. The van der Waals surface area contributed by atoms with Crippen LogP contribution in [-0.2, 0) is 9.59 Å². The highest BCUT2D eigenvalue weighted by atomic mass is 79.9. The van der Waals surface area contributed by atoms with E-state index in [1.54, 1.807) is 30.3 Å². The largest absolute Gasteiger partial charge is 0.486 e. The average molecular weight is 462 g/mol. The number of amides is 3. The topological polar surface area (TPSA) is 106 Å². The maximum atomic E-state index is 12.3. The van der Waals surface area contributed by atoms with Crippen LogP contribution >= 0.6 is 15.9 Å². The molecule has 2 aromatic rings. The normalized spacial score (nSPS) is 14.5. The van der Waals surface area contributed by atoms with Crippen molar-refractivity contribution in [2.24, 2.45) is 0 Å². The Morgan fingerprint density at radius 2 is 1.76 bits per heavy atom. The average Bonchev–Trinajstić information content (AvgIpc) is 2.73. The molecule has 4 rings (SSSR count). The molecule has 0 saturated heterocycles. The van der Waals surface area contributed by atoms with Gasteiger partial charge >= 0.3 is 0 Å². The van der Waals surface area contributed by atoms with Gasteiger partial charge in [0.2, 0.25) is 0 Å². The molecule has 0 spiro atoms. The first kappa shape index (κ1) is 19.1. The summed E-state index contributed by atoms with van der Waals surface area (Å²) in [6, 6.07) is 9.88. The van der Waals surface area contributed by atoms with Crippen LogP contribution < -0.4 is 30.0 Å². The lowest BCUT2D eigenvalue weighted by atomic mass is 10.2. The van der Waals surface area contributed by atoms with Crippen LogP contribution in [0.4, 0.5) is 5.69 Å². The summed E-state index contributed by atoms with van der Waals surface area (Å²) >= 11 is 3.34. The number of carbonyl (C=O) groups is 3. The van der Waals surface area contributed by atoms with Crippen LogP contribution in [0.5, 0.6) is 17.2 Å². The first-order valence-electron chi connectivity index (χ1n) is 8.73. The first-order chi connectivity index (χ1) is 14.0. The van der Waals surface area contributed by atoms with Gasteiger partial charge in [-0.05, 0) is 36.4 Å². The smallest absolute Gasteiger partial charge is 0.269 e. The maximum Gasteiger partial charge on any atom is 0.269 e. The van der Waals surface area contributed by atoms with E-state index in [-0.39, 0.29) is 19.1 Å². The van der Waals surface area contributed by atoms with Crippen LogP contribution in [0.3, 0.4) is 0 Å².